The zero-order valence-corrected chi connectivity index (χ0v) is 20.5. The number of amides is 4. The summed E-state index contributed by atoms with van der Waals surface area (Å²) in [6.07, 6.45) is 6.39. The molecule has 12 heteroatoms. The van der Waals surface area contributed by atoms with E-state index in [1.165, 1.54) is 0 Å². The van der Waals surface area contributed by atoms with Gasteiger partial charge in [0.25, 0.3) is 11.8 Å². The number of nitrogens with one attached hydrogen (secondary N) is 4. The second-order valence-electron chi connectivity index (χ2n) is 11.3. The van der Waals surface area contributed by atoms with Gasteiger partial charge in [-0.2, -0.15) is 10.2 Å². The summed E-state index contributed by atoms with van der Waals surface area (Å²) in [5.74, 6) is -0.822. The molecule has 4 amide bonds. The number of hydrogen-bond donors (Lipinski definition) is 6. The Balaban J connectivity index is 1.31. The van der Waals surface area contributed by atoms with Gasteiger partial charge in [0.2, 0.25) is 11.8 Å². The summed E-state index contributed by atoms with van der Waals surface area (Å²) >= 11 is 0. The van der Waals surface area contributed by atoms with E-state index in [9.17, 15) is 19.2 Å². The number of H-pyrrole nitrogens is 2. The third-order valence-electron chi connectivity index (χ3n) is 8.26. The zero-order valence-electron chi connectivity index (χ0n) is 20.5. The maximum absolute atomic E-state index is 13.2. The van der Waals surface area contributed by atoms with Crippen LogP contribution in [0.2, 0.25) is 0 Å². The minimum absolute atomic E-state index is 0.0179. The third kappa shape index (κ3) is 4.24. The second kappa shape index (κ2) is 8.45. The van der Waals surface area contributed by atoms with Crippen LogP contribution in [0.5, 0.6) is 0 Å². The third-order valence-corrected chi connectivity index (χ3v) is 8.26. The minimum atomic E-state index is -0.707. The maximum atomic E-state index is 13.2. The van der Waals surface area contributed by atoms with E-state index in [1.807, 2.05) is 0 Å². The van der Waals surface area contributed by atoms with Crippen LogP contribution in [0.1, 0.15) is 83.7 Å². The van der Waals surface area contributed by atoms with Crippen LogP contribution in [0.4, 0.5) is 11.4 Å². The molecule has 0 aliphatic heterocycles. The predicted molar refractivity (Wildman–Crippen MR) is 130 cm³/mol. The van der Waals surface area contributed by atoms with Crippen molar-refractivity contribution in [1.82, 2.24) is 20.4 Å². The van der Waals surface area contributed by atoms with E-state index >= 15 is 0 Å². The van der Waals surface area contributed by atoms with Crippen molar-refractivity contribution in [3.63, 3.8) is 0 Å². The van der Waals surface area contributed by atoms with Crippen molar-refractivity contribution in [2.75, 3.05) is 10.6 Å². The smallest absolute Gasteiger partial charge is 0.271 e. The number of carbonyl (C=O) groups is 4. The molecule has 2 heterocycles. The van der Waals surface area contributed by atoms with Crippen molar-refractivity contribution in [2.45, 2.75) is 65.2 Å². The van der Waals surface area contributed by atoms with Crippen LogP contribution in [-0.2, 0) is 9.59 Å². The number of carbonyl (C=O) groups excluding carboxylic acids is 4. The van der Waals surface area contributed by atoms with E-state index in [-0.39, 0.29) is 34.0 Å². The predicted octanol–water partition coefficient (Wildman–Crippen LogP) is 1.89. The molecule has 12 nitrogen and oxygen atoms in total. The Morgan fingerprint density at radius 2 is 1.19 bits per heavy atom. The molecule has 6 rings (SSSR count). The molecule has 0 saturated heterocycles. The lowest BCUT2D eigenvalue weighted by molar-refractivity contribution is -0.142. The average Bonchev–Trinajstić information content (AvgIpc) is 3.29. The molecule has 0 aromatic carbocycles. The summed E-state index contributed by atoms with van der Waals surface area (Å²) in [6.45, 7) is 3.44. The lowest BCUT2D eigenvalue weighted by Gasteiger charge is -2.62. The van der Waals surface area contributed by atoms with E-state index in [1.54, 1.807) is 13.8 Å². The van der Waals surface area contributed by atoms with Crippen LogP contribution >= 0.6 is 0 Å². The largest absolute Gasteiger partial charge is 0.364 e. The highest BCUT2D eigenvalue weighted by Gasteiger charge is 2.58. The summed E-state index contributed by atoms with van der Waals surface area (Å²) in [7, 11) is 0. The molecule has 4 bridgehead atoms. The Morgan fingerprint density at radius 3 is 1.56 bits per heavy atom. The first kappa shape index (κ1) is 24.0. The highest BCUT2D eigenvalue weighted by molar-refractivity contribution is 6.03. The number of nitrogens with zero attached hydrogens (tertiary/aromatic N) is 2. The fourth-order valence-electron chi connectivity index (χ4n) is 7.63. The Morgan fingerprint density at radius 1 is 0.806 bits per heavy atom. The van der Waals surface area contributed by atoms with Crippen LogP contribution in [0.25, 0.3) is 0 Å². The molecule has 0 unspecified atom stereocenters. The minimum Gasteiger partial charge on any atom is -0.364 e. The van der Waals surface area contributed by atoms with Crippen molar-refractivity contribution in [3.05, 3.63) is 22.8 Å². The average molecular weight is 497 g/mol. The van der Waals surface area contributed by atoms with Crippen LogP contribution in [-0.4, -0.2) is 44.0 Å². The topological polar surface area (TPSA) is 202 Å². The molecule has 0 spiro atoms. The molecule has 0 atom stereocenters. The van der Waals surface area contributed by atoms with E-state index < -0.39 is 11.8 Å². The second-order valence-corrected chi connectivity index (χ2v) is 11.3. The van der Waals surface area contributed by atoms with E-state index in [2.05, 4.69) is 31.0 Å². The van der Waals surface area contributed by atoms with Gasteiger partial charge in [0, 0.05) is 12.8 Å². The van der Waals surface area contributed by atoms with Gasteiger partial charge in [-0.15, -0.1) is 0 Å². The Labute approximate surface area is 207 Å². The van der Waals surface area contributed by atoms with Crippen molar-refractivity contribution in [2.24, 2.45) is 34.1 Å². The molecule has 0 radical (unpaired) electrons. The van der Waals surface area contributed by atoms with Gasteiger partial charge in [0.15, 0.2) is 11.4 Å². The number of anilines is 2. The first-order valence-corrected chi connectivity index (χ1v) is 12.3. The first-order valence-electron chi connectivity index (χ1n) is 12.3. The number of hydrogen-bond acceptors (Lipinski definition) is 6. The lowest BCUT2D eigenvalue weighted by Crippen LogP contribution is -2.53. The summed E-state index contributed by atoms with van der Waals surface area (Å²) in [5, 5.41) is 18.9. The van der Waals surface area contributed by atoms with Gasteiger partial charge in [-0.3, -0.25) is 29.4 Å². The number of aromatic nitrogens is 4. The quantitative estimate of drug-likeness (QED) is 0.322. The van der Waals surface area contributed by atoms with Gasteiger partial charge in [-0.25, -0.2) is 0 Å². The first-order chi connectivity index (χ1) is 17.0. The van der Waals surface area contributed by atoms with Gasteiger partial charge in [0.1, 0.15) is 0 Å². The highest BCUT2D eigenvalue weighted by Crippen LogP contribution is 2.67. The fourth-order valence-corrected chi connectivity index (χ4v) is 7.63. The Kier molecular flexibility index (Phi) is 5.64. The number of rotatable bonds is 8. The molecule has 36 heavy (non-hydrogen) atoms. The molecule has 8 N–H and O–H groups in total. The maximum Gasteiger partial charge on any atom is 0.271 e. The van der Waals surface area contributed by atoms with E-state index in [4.69, 9.17) is 11.5 Å². The monoisotopic (exact) mass is 496 g/mol. The van der Waals surface area contributed by atoms with Gasteiger partial charge in [0.05, 0.1) is 22.8 Å². The van der Waals surface area contributed by atoms with Crippen molar-refractivity contribution in [3.8, 4) is 0 Å². The normalized spacial score (nSPS) is 28.2. The van der Waals surface area contributed by atoms with Gasteiger partial charge in [-0.05, 0) is 75.0 Å². The molecule has 192 valence electrons. The molecule has 2 aromatic heterocycles. The zero-order chi connectivity index (χ0) is 25.8. The highest BCUT2D eigenvalue weighted by atomic mass is 16.2. The molecule has 2 aromatic rings. The molecular weight excluding hydrogens is 464 g/mol. The molecule has 4 fully saturated rings. The summed E-state index contributed by atoms with van der Waals surface area (Å²) < 4.78 is 0. The van der Waals surface area contributed by atoms with E-state index in [0.29, 0.717) is 47.4 Å². The van der Waals surface area contributed by atoms with Crippen LogP contribution in [0.15, 0.2) is 0 Å². The van der Waals surface area contributed by atoms with E-state index in [0.717, 1.165) is 38.5 Å². The fraction of sp³-hybridized carbons (Fsp3) is 0.583. The summed E-state index contributed by atoms with van der Waals surface area (Å²) in [4.78, 5) is 49.7. The number of aromatic amines is 2. The SMILES string of the molecule is Cc1[nH]nc(C(N)=O)c1NC(=O)CC12CC3CC(C1)CC(CC(=O)Nc1c(C(N)=O)n[nH]c1C)(C3)C2. The number of aryl methyl sites for hydroxylation is 2. The summed E-state index contributed by atoms with van der Waals surface area (Å²) in [5.41, 5.74) is 12.2. The van der Waals surface area contributed by atoms with Crippen LogP contribution < -0.4 is 22.1 Å². The molecule has 4 aliphatic carbocycles. The summed E-state index contributed by atoms with van der Waals surface area (Å²) in [6, 6.07) is 0. The van der Waals surface area contributed by atoms with Crippen molar-refractivity contribution >= 4 is 35.0 Å². The number of primary amides is 2. The Bertz CT molecular complexity index is 1150. The van der Waals surface area contributed by atoms with Gasteiger partial charge < -0.3 is 22.1 Å². The molecule has 4 saturated carbocycles. The van der Waals surface area contributed by atoms with Crippen LogP contribution in [0.3, 0.4) is 0 Å². The van der Waals surface area contributed by atoms with Gasteiger partial charge >= 0.3 is 0 Å². The van der Waals surface area contributed by atoms with Gasteiger partial charge in [-0.1, -0.05) is 0 Å². The Hall–Kier alpha value is -3.70. The molecular formula is C24H32N8O4. The van der Waals surface area contributed by atoms with Crippen LogP contribution in [0, 0.1) is 36.5 Å². The standard InChI is InChI=1S/C24H32N8O4/c1-11-17(19(21(25)35)31-29-11)27-15(33)8-23-4-13-3-14(5-23)7-24(6-13,10-23)9-16(34)28-18-12(2)30-32-20(18)22(26)36/h13-14H,3-10H2,1-2H3,(H2,25,35)(H2,26,36)(H,27,33)(H,28,34)(H,29,31)(H,30,32). The van der Waals surface area contributed by atoms with Crippen molar-refractivity contribution in [1.29, 1.82) is 0 Å². The number of nitrogens with two attached hydrogens (primary N) is 2. The molecule has 4 aliphatic rings. The lowest BCUT2D eigenvalue weighted by atomic mass is 9.43. The van der Waals surface area contributed by atoms with Crippen molar-refractivity contribution < 1.29 is 19.2 Å².